The van der Waals surface area contributed by atoms with Crippen LogP contribution in [0.4, 0.5) is 0 Å². The molecule has 1 rings (SSSR count). The van der Waals surface area contributed by atoms with Gasteiger partial charge in [-0.05, 0) is 29.9 Å². The summed E-state index contributed by atoms with van der Waals surface area (Å²) in [5, 5.41) is 0. The summed E-state index contributed by atoms with van der Waals surface area (Å²) in [4.78, 5) is -0.0562. The highest BCUT2D eigenvalue weighted by Gasteiger charge is 2.16. The van der Waals surface area contributed by atoms with Gasteiger partial charge in [-0.2, -0.15) is 0 Å². The number of rotatable bonds is 11. The van der Waals surface area contributed by atoms with Crippen LogP contribution in [0.15, 0.2) is 29.2 Å². The second kappa shape index (κ2) is 10.1. The molecule has 4 heteroatoms. The molecular formula is C19H31O3S-. The van der Waals surface area contributed by atoms with Gasteiger partial charge in [0.25, 0.3) is 0 Å². The van der Waals surface area contributed by atoms with Crippen molar-refractivity contribution in [1.29, 1.82) is 0 Å². The fourth-order valence-electron chi connectivity index (χ4n) is 3.24. The Kier molecular flexibility index (Phi) is 8.85. The molecule has 0 N–H and O–H groups in total. The summed E-state index contributed by atoms with van der Waals surface area (Å²) in [6.45, 7) is 6.46. The third-order valence-corrected chi connectivity index (χ3v) is 5.44. The fraction of sp³-hybridized carbons (Fsp3) is 0.684. The molecule has 0 heterocycles. The molecule has 23 heavy (non-hydrogen) atoms. The van der Waals surface area contributed by atoms with Crippen LogP contribution in [0.3, 0.4) is 0 Å². The fourth-order valence-corrected chi connectivity index (χ4v) is 4.04. The van der Waals surface area contributed by atoms with Crippen LogP contribution in [0, 0.1) is 5.92 Å². The van der Waals surface area contributed by atoms with Crippen molar-refractivity contribution in [2.45, 2.75) is 83.0 Å². The van der Waals surface area contributed by atoms with Crippen LogP contribution in [-0.2, 0) is 10.1 Å². The molecule has 0 aliphatic heterocycles. The normalized spacial score (nSPS) is 14.6. The van der Waals surface area contributed by atoms with Gasteiger partial charge in [0.1, 0.15) is 10.1 Å². The van der Waals surface area contributed by atoms with Crippen LogP contribution >= 0.6 is 0 Å². The highest BCUT2D eigenvalue weighted by atomic mass is 32.2. The first-order chi connectivity index (χ1) is 10.9. The lowest BCUT2D eigenvalue weighted by Crippen LogP contribution is -2.08. The minimum atomic E-state index is -4.39. The van der Waals surface area contributed by atoms with Crippen LogP contribution in [-0.4, -0.2) is 13.0 Å². The molecular weight excluding hydrogens is 308 g/mol. The Labute approximate surface area is 142 Å². The van der Waals surface area contributed by atoms with Crippen molar-refractivity contribution in [3.05, 3.63) is 29.8 Å². The SMILES string of the molecule is CCCCCCCCC(C)CC(C)c1ccccc1S(=O)(=O)[O-]. The van der Waals surface area contributed by atoms with Crippen molar-refractivity contribution in [2.75, 3.05) is 0 Å². The van der Waals surface area contributed by atoms with Gasteiger partial charge in [-0.25, -0.2) is 8.42 Å². The Balaban J connectivity index is 2.48. The van der Waals surface area contributed by atoms with Gasteiger partial charge >= 0.3 is 0 Å². The molecule has 0 bridgehead atoms. The van der Waals surface area contributed by atoms with Crippen molar-refractivity contribution < 1.29 is 13.0 Å². The van der Waals surface area contributed by atoms with Crippen molar-refractivity contribution >= 4 is 10.1 Å². The average Bonchev–Trinajstić information content (AvgIpc) is 2.50. The Bertz CT molecular complexity index is 551. The van der Waals surface area contributed by atoms with Crippen LogP contribution in [0.2, 0.25) is 0 Å². The first-order valence-electron chi connectivity index (χ1n) is 8.91. The quantitative estimate of drug-likeness (QED) is 0.397. The summed E-state index contributed by atoms with van der Waals surface area (Å²) in [5.74, 6) is 0.628. The minimum Gasteiger partial charge on any atom is -0.744 e. The van der Waals surface area contributed by atoms with Gasteiger partial charge in [-0.15, -0.1) is 0 Å². The Morgan fingerprint density at radius 1 is 1.00 bits per heavy atom. The van der Waals surface area contributed by atoms with Crippen LogP contribution in [0.5, 0.6) is 0 Å². The Morgan fingerprint density at radius 2 is 1.61 bits per heavy atom. The van der Waals surface area contributed by atoms with E-state index in [0.29, 0.717) is 11.5 Å². The van der Waals surface area contributed by atoms with Crippen molar-refractivity contribution in [3.8, 4) is 0 Å². The topological polar surface area (TPSA) is 57.2 Å². The van der Waals surface area contributed by atoms with Crippen molar-refractivity contribution in [1.82, 2.24) is 0 Å². The highest BCUT2D eigenvalue weighted by molar-refractivity contribution is 7.85. The Morgan fingerprint density at radius 3 is 2.26 bits per heavy atom. The molecule has 0 aliphatic carbocycles. The summed E-state index contributed by atoms with van der Waals surface area (Å²) < 4.78 is 34.2. The van der Waals surface area contributed by atoms with Crippen LogP contribution in [0.25, 0.3) is 0 Å². The summed E-state index contributed by atoms with van der Waals surface area (Å²) in [5.41, 5.74) is 0.664. The standard InChI is InChI=1S/C19H32O3S/c1-4-5-6-7-8-9-12-16(2)15-17(3)18-13-10-11-14-19(18)23(20,21)22/h10-11,13-14,16-17H,4-9,12,15H2,1-3H3,(H,20,21,22)/p-1. The Hall–Kier alpha value is -0.870. The predicted octanol–water partition coefficient (Wildman–Crippen LogP) is 5.47. The second-order valence-electron chi connectivity index (χ2n) is 6.79. The third-order valence-electron chi connectivity index (χ3n) is 4.53. The summed E-state index contributed by atoms with van der Waals surface area (Å²) in [6, 6.07) is 6.61. The molecule has 0 aromatic heterocycles. The lowest BCUT2D eigenvalue weighted by molar-refractivity contribution is 0.422. The molecule has 1 aromatic rings. The van der Waals surface area contributed by atoms with Gasteiger partial charge in [-0.3, -0.25) is 0 Å². The maximum Gasteiger partial charge on any atom is 0.124 e. The zero-order valence-corrected chi connectivity index (χ0v) is 15.6. The first-order valence-corrected chi connectivity index (χ1v) is 10.3. The molecule has 0 radical (unpaired) electrons. The smallest absolute Gasteiger partial charge is 0.124 e. The number of benzene rings is 1. The van der Waals surface area contributed by atoms with E-state index >= 15 is 0 Å². The summed E-state index contributed by atoms with van der Waals surface area (Å²) >= 11 is 0. The monoisotopic (exact) mass is 339 g/mol. The zero-order chi connectivity index (χ0) is 17.3. The lowest BCUT2D eigenvalue weighted by Gasteiger charge is -2.21. The zero-order valence-electron chi connectivity index (χ0n) is 14.8. The molecule has 132 valence electrons. The van der Waals surface area contributed by atoms with E-state index in [9.17, 15) is 13.0 Å². The molecule has 3 nitrogen and oxygen atoms in total. The van der Waals surface area contributed by atoms with E-state index in [4.69, 9.17) is 0 Å². The van der Waals surface area contributed by atoms with Gasteiger partial charge in [-0.1, -0.05) is 83.9 Å². The van der Waals surface area contributed by atoms with Crippen LogP contribution < -0.4 is 0 Å². The third kappa shape index (κ3) is 7.49. The average molecular weight is 340 g/mol. The van der Waals surface area contributed by atoms with Crippen molar-refractivity contribution in [2.24, 2.45) is 5.92 Å². The van der Waals surface area contributed by atoms with Crippen molar-refractivity contribution in [3.63, 3.8) is 0 Å². The molecule has 0 spiro atoms. The van der Waals surface area contributed by atoms with E-state index < -0.39 is 10.1 Å². The van der Waals surface area contributed by atoms with Gasteiger partial charge in [0.15, 0.2) is 0 Å². The molecule has 2 atom stereocenters. The van der Waals surface area contributed by atoms with E-state index in [2.05, 4.69) is 13.8 Å². The number of hydrogen-bond donors (Lipinski definition) is 0. The molecule has 0 aliphatic rings. The number of hydrogen-bond acceptors (Lipinski definition) is 3. The second-order valence-corrected chi connectivity index (χ2v) is 8.14. The largest absolute Gasteiger partial charge is 0.744 e. The molecule has 0 amide bonds. The highest BCUT2D eigenvalue weighted by Crippen LogP contribution is 2.30. The molecule has 0 saturated heterocycles. The van der Waals surface area contributed by atoms with E-state index in [1.807, 2.05) is 6.92 Å². The summed E-state index contributed by atoms with van der Waals surface area (Å²) in [7, 11) is -4.39. The lowest BCUT2D eigenvalue weighted by atomic mass is 9.88. The predicted molar refractivity (Wildman–Crippen MR) is 94.6 cm³/mol. The molecule has 1 aromatic carbocycles. The summed E-state index contributed by atoms with van der Waals surface area (Å²) in [6.07, 6.45) is 9.85. The molecule has 0 fully saturated rings. The number of unbranched alkanes of at least 4 members (excludes halogenated alkanes) is 5. The van der Waals surface area contributed by atoms with E-state index in [0.717, 1.165) is 6.42 Å². The van der Waals surface area contributed by atoms with Gasteiger partial charge in [0, 0.05) is 0 Å². The first kappa shape index (κ1) is 20.2. The van der Waals surface area contributed by atoms with E-state index in [-0.39, 0.29) is 10.8 Å². The molecule has 0 saturated carbocycles. The van der Waals surface area contributed by atoms with Gasteiger partial charge < -0.3 is 4.55 Å². The van der Waals surface area contributed by atoms with Gasteiger partial charge in [0.2, 0.25) is 0 Å². The maximum atomic E-state index is 11.4. The van der Waals surface area contributed by atoms with Gasteiger partial charge in [0.05, 0.1) is 4.90 Å². The molecule has 2 unspecified atom stereocenters. The van der Waals surface area contributed by atoms with E-state index in [1.54, 1.807) is 18.2 Å². The minimum absolute atomic E-state index is 0.0562. The maximum absolute atomic E-state index is 11.4. The van der Waals surface area contributed by atoms with E-state index in [1.165, 1.54) is 51.0 Å². The van der Waals surface area contributed by atoms with Crippen LogP contribution in [0.1, 0.15) is 83.6 Å².